The highest BCUT2D eigenvalue weighted by Crippen LogP contribution is 2.34. The van der Waals surface area contributed by atoms with E-state index in [2.05, 4.69) is 15.4 Å². The summed E-state index contributed by atoms with van der Waals surface area (Å²) in [4.78, 5) is 17.4. The quantitative estimate of drug-likeness (QED) is 0.414. The van der Waals surface area contributed by atoms with Crippen LogP contribution in [0.4, 0.5) is 8.78 Å². The van der Waals surface area contributed by atoms with Gasteiger partial charge in [0, 0.05) is 31.1 Å². The van der Waals surface area contributed by atoms with E-state index in [0.717, 1.165) is 25.1 Å². The fourth-order valence-corrected chi connectivity index (χ4v) is 3.50. The van der Waals surface area contributed by atoms with Crippen molar-refractivity contribution in [2.75, 3.05) is 20.2 Å². The van der Waals surface area contributed by atoms with Gasteiger partial charge < -0.3 is 14.6 Å². The summed E-state index contributed by atoms with van der Waals surface area (Å²) >= 11 is 6.40. The van der Waals surface area contributed by atoms with E-state index in [1.54, 1.807) is 12.3 Å². The van der Waals surface area contributed by atoms with E-state index in [1.807, 2.05) is 20.9 Å². The van der Waals surface area contributed by atoms with E-state index in [0.29, 0.717) is 13.0 Å². The lowest BCUT2D eigenvalue weighted by atomic mass is 10.1. The van der Waals surface area contributed by atoms with Crippen LogP contribution in [-0.4, -0.2) is 39.5 Å². The van der Waals surface area contributed by atoms with Crippen LogP contribution < -0.4 is 15.6 Å². The maximum absolute atomic E-state index is 15.1. The molecule has 0 spiro atoms. The first kappa shape index (κ1) is 26.8. The van der Waals surface area contributed by atoms with E-state index in [-0.39, 0.29) is 47.3 Å². The summed E-state index contributed by atoms with van der Waals surface area (Å²) < 4.78 is 38.2. The molecule has 0 radical (unpaired) electrons. The molecule has 1 N–H and O–H groups in total. The van der Waals surface area contributed by atoms with Crippen LogP contribution in [0, 0.1) is 17.6 Å². The molecule has 1 atom stereocenters. The van der Waals surface area contributed by atoms with Crippen LogP contribution in [0.2, 0.25) is 5.15 Å². The van der Waals surface area contributed by atoms with Crippen LogP contribution in [0.15, 0.2) is 35.4 Å². The molecule has 0 fully saturated rings. The molecule has 0 aliphatic rings. The van der Waals surface area contributed by atoms with Crippen molar-refractivity contribution in [3.8, 4) is 22.8 Å². The first-order valence-electron chi connectivity index (χ1n) is 10.4. The summed E-state index contributed by atoms with van der Waals surface area (Å²) in [5.74, 6) is -1.70. The number of hydrogen-bond acceptors (Lipinski definition) is 5. The van der Waals surface area contributed by atoms with E-state index in [9.17, 15) is 4.79 Å². The SMILES string of the molecule is CC[C@H](C)Cn1c(-c2c(F)cc(OCCCNC)cc2F)c(Cl)nc(-n2cccn2)c1=O.Cl. The number of aromatic nitrogens is 4. The largest absolute Gasteiger partial charge is 0.493 e. The van der Waals surface area contributed by atoms with Crippen molar-refractivity contribution in [2.45, 2.75) is 33.2 Å². The third-order valence-corrected chi connectivity index (χ3v) is 5.37. The van der Waals surface area contributed by atoms with Gasteiger partial charge >= 0.3 is 0 Å². The van der Waals surface area contributed by atoms with Crippen LogP contribution in [0.1, 0.15) is 26.7 Å². The molecule has 2 heterocycles. The number of rotatable bonds is 10. The Balaban J connectivity index is 0.00000385. The highest BCUT2D eigenvalue weighted by atomic mass is 35.5. The number of ether oxygens (including phenoxy) is 1. The van der Waals surface area contributed by atoms with Gasteiger partial charge in [-0.2, -0.15) is 5.10 Å². The molecule has 0 saturated carbocycles. The molecule has 0 unspecified atom stereocenters. The van der Waals surface area contributed by atoms with Crippen LogP contribution in [0.25, 0.3) is 17.1 Å². The lowest BCUT2D eigenvalue weighted by molar-refractivity contribution is 0.306. The van der Waals surface area contributed by atoms with E-state index in [1.165, 1.54) is 15.4 Å². The second-order valence-corrected chi connectivity index (χ2v) is 7.88. The van der Waals surface area contributed by atoms with Crippen molar-refractivity contribution in [1.29, 1.82) is 0 Å². The average Bonchev–Trinajstić information content (AvgIpc) is 3.29. The standard InChI is InChI=1S/C22H26ClF2N5O2.ClH/c1-4-14(2)13-29-19(20(23)28-21(22(29)31)30-9-5-8-27-30)18-16(24)11-15(12-17(18)25)32-10-6-7-26-3;/h5,8-9,11-12,14,26H,4,6-7,10,13H2,1-3H3;1H/t14-;/m0./s1. The second-order valence-electron chi connectivity index (χ2n) is 7.52. The minimum absolute atomic E-state index is 0. The number of halogens is 4. The first-order chi connectivity index (χ1) is 15.4. The summed E-state index contributed by atoms with van der Waals surface area (Å²) in [5, 5.41) is 6.81. The molecule has 0 aliphatic carbocycles. The first-order valence-corrected chi connectivity index (χ1v) is 10.8. The Labute approximate surface area is 202 Å². The molecular formula is C22H27Cl2F2N5O2. The number of nitrogens with zero attached hydrogens (tertiary/aromatic N) is 4. The maximum atomic E-state index is 15.1. The molecule has 3 aromatic rings. The molecule has 7 nitrogen and oxygen atoms in total. The number of benzene rings is 1. The van der Waals surface area contributed by atoms with Crippen molar-refractivity contribution >= 4 is 24.0 Å². The molecule has 11 heteroatoms. The van der Waals surface area contributed by atoms with Gasteiger partial charge in [-0.25, -0.2) is 18.4 Å². The molecule has 0 bridgehead atoms. The lowest BCUT2D eigenvalue weighted by Gasteiger charge is -2.20. The molecule has 0 saturated heterocycles. The minimum Gasteiger partial charge on any atom is -0.493 e. The van der Waals surface area contributed by atoms with Crippen LogP contribution in [0.5, 0.6) is 5.75 Å². The normalized spacial score (nSPS) is 11.8. The second kappa shape index (κ2) is 12.1. The monoisotopic (exact) mass is 501 g/mol. The maximum Gasteiger partial charge on any atom is 0.296 e. The highest BCUT2D eigenvalue weighted by Gasteiger charge is 2.25. The number of hydrogen-bond donors (Lipinski definition) is 1. The van der Waals surface area contributed by atoms with E-state index < -0.39 is 22.8 Å². The fraction of sp³-hybridized carbons (Fsp3) is 0.409. The fourth-order valence-electron chi connectivity index (χ4n) is 3.22. The Kier molecular flexibility index (Phi) is 9.82. The summed E-state index contributed by atoms with van der Waals surface area (Å²) in [6, 6.07) is 3.82. The molecule has 0 aliphatic heterocycles. The van der Waals surface area contributed by atoms with Gasteiger partial charge in [-0.1, -0.05) is 31.9 Å². The van der Waals surface area contributed by atoms with Gasteiger partial charge in [0.2, 0.25) is 5.82 Å². The lowest BCUT2D eigenvalue weighted by Crippen LogP contribution is -2.30. The third kappa shape index (κ3) is 6.10. The van der Waals surface area contributed by atoms with E-state index >= 15 is 8.78 Å². The zero-order chi connectivity index (χ0) is 23.3. The highest BCUT2D eigenvalue weighted by molar-refractivity contribution is 6.31. The third-order valence-electron chi connectivity index (χ3n) is 5.11. The summed E-state index contributed by atoms with van der Waals surface area (Å²) in [6.45, 7) is 5.14. The molecule has 0 amide bonds. The summed E-state index contributed by atoms with van der Waals surface area (Å²) in [5.41, 5.74) is -1.07. The smallest absolute Gasteiger partial charge is 0.296 e. The van der Waals surface area contributed by atoms with Crippen LogP contribution in [-0.2, 0) is 6.54 Å². The van der Waals surface area contributed by atoms with Crippen molar-refractivity contribution in [3.63, 3.8) is 0 Å². The molecular weight excluding hydrogens is 475 g/mol. The van der Waals surface area contributed by atoms with Gasteiger partial charge in [0.1, 0.15) is 17.4 Å². The van der Waals surface area contributed by atoms with Crippen molar-refractivity contribution in [1.82, 2.24) is 24.6 Å². The van der Waals surface area contributed by atoms with Crippen molar-refractivity contribution in [3.05, 3.63) is 57.7 Å². The Morgan fingerprint density at radius 1 is 1.27 bits per heavy atom. The molecule has 2 aromatic heterocycles. The van der Waals surface area contributed by atoms with Gasteiger partial charge in [0.15, 0.2) is 5.15 Å². The predicted octanol–water partition coefficient (Wildman–Crippen LogP) is 4.48. The Hall–Kier alpha value is -2.49. The minimum atomic E-state index is -0.888. The topological polar surface area (TPSA) is 74.0 Å². The van der Waals surface area contributed by atoms with Gasteiger partial charge in [0.05, 0.1) is 17.9 Å². The average molecular weight is 502 g/mol. The Morgan fingerprint density at radius 3 is 2.55 bits per heavy atom. The summed E-state index contributed by atoms with van der Waals surface area (Å²) in [6.07, 6.45) is 4.49. The zero-order valence-electron chi connectivity index (χ0n) is 18.6. The molecule has 3 rings (SSSR count). The van der Waals surface area contributed by atoms with Gasteiger partial charge in [-0.05, 0) is 32.0 Å². The number of nitrogens with one attached hydrogen (secondary N) is 1. The Bertz CT molecular complexity index is 1100. The predicted molar refractivity (Wildman–Crippen MR) is 127 cm³/mol. The zero-order valence-corrected chi connectivity index (χ0v) is 20.2. The van der Waals surface area contributed by atoms with Gasteiger partial charge in [-0.3, -0.25) is 4.79 Å². The van der Waals surface area contributed by atoms with Gasteiger partial charge in [0.25, 0.3) is 5.56 Å². The molecule has 33 heavy (non-hydrogen) atoms. The van der Waals surface area contributed by atoms with Crippen LogP contribution >= 0.6 is 24.0 Å². The Morgan fingerprint density at radius 2 is 1.97 bits per heavy atom. The van der Waals surface area contributed by atoms with Crippen molar-refractivity contribution < 1.29 is 13.5 Å². The molecule has 1 aromatic carbocycles. The molecule has 180 valence electrons. The van der Waals surface area contributed by atoms with Gasteiger partial charge in [-0.15, -0.1) is 12.4 Å². The van der Waals surface area contributed by atoms with Crippen molar-refractivity contribution in [2.24, 2.45) is 5.92 Å². The van der Waals surface area contributed by atoms with E-state index in [4.69, 9.17) is 16.3 Å². The summed E-state index contributed by atoms with van der Waals surface area (Å²) in [7, 11) is 1.81. The van der Waals surface area contributed by atoms with Crippen LogP contribution in [0.3, 0.4) is 0 Å².